The maximum absolute atomic E-state index is 12.0. The fourth-order valence-corrected chi connectivity index (χ4v) is 2.72. The molecule has 0 bridgehead atoms. The molecule has 0 saturated heterocycles. The lowest BCUT2D eigenvalue weighted by Crippen LogP contribution is -2.23. The molecule has 140 valence electrons. The quantitative estimate of drug-likeness (QED) is 0.230. The van der Waals surface area contributed by atoms with Gasteiger partial charge < -0.3 is 5.32 Å². The molecular formula is C15H34NO6P. The van der Waals surface area contributed by atoms with Crippen molar-refractivity contribution in [2.45, 2.75) is 72.8 Å². The molecule has 0 aromatic heterocycles. The molecule has 0 aromatic rings. The van der Waals surface area contributed by atoms with Crippen LogP contribution in [0.15, 0.2) is 0 Å². The molecule has 0 aromatic carbocycles. The molecule has 0 fully saturated rings. The van der Waals surface area contributed by atoms with Gasteiger partial charge in [-0.15, -0.1) is 4.67 Å². The van der Waals surface area contributed by atoms with Crippen molar-refractivity contribution in [1.29, 1.82) is 0 Å². The summed E-state index contributed by atoms with van der Waals surface area (Å²) in [6.45, 7) is 10.3. The van der Waals surface area contributed by atoms with Crippen LogP contribution in [0.1, 0.15) is 66.7 Å². The van der Waals surface area contributed by atoms with E-state index in [9.17, 15) is 9.36 Å². The van der Waals surface area contributed by atoms with Gasteiger partial charge in [0, 0.05) is 13.0 Å². The van der Waals surface area contributed by atoms with Crippen LogP contribution in [0.3, 0.4) is 0 Å². The number of carbonyl (C=O) groups is 1. The molecule has 1 unspecified atom stereocenters. The standard InChI is InChI=1S/C13H28NO6P.C2H6/c1-5-13(15)14-10-8-6-7-9-11-18-21(16,20-17-4)19-12(2)3;1-2/h12H,5-11H2,1-4H3,(H,14,15);1-2H3. The first kappa shape index (κ1) is 24.8. The number of rotatable bonds is 13. The number of phosphoric acid groups is 1. The molecule has 1 N–H and O–H groups in total. The summed E-state index contributed by atoms with van der Waals surface area (Å²) in [6.07, 6.45) is 3.76. The van der Waals surface area contributed by atoms with Crippen molar-refractivity contribution in [2.24, 2.45) is 0 Å². The molecule has 1 atom stereocenters. The smallest absolute Gasteiger partial charge is 0.356 e. The van der Waals surface area contributed by atoms with Crippen molar-refractivity contribution in [2.75, 3.05) is 20.3 Å². The Morgan fingerprint density at radius 1 is 1.13 bits per heavy atom. The summed E-state index contributed by atoms with van der Waals surface area (Å²) in [5.74, 6) is 0.0711. The van der Waals surface area contributed by atoms with Crippen LogP contribution in [0.25, 0.3) is 0 Å². The van der Waals surface area contributed by atoms with Crippen molar-refractivity contribution < 1.29 is 28.0 Å². The van der Waals surface area contributed by atoms with Gasteiger partial charge in [0.1, 0.15) is 0 Å². The van der Waals surface area contributed by atoms with E-state index < -0.39 is 7.82 Å². The molecule has 0 heterocycles. The maximum atomic E-state index is 12.0. The molecule has 8 heteroatoms. The van der Waals surface area contributed by atoms with Crippen molar-refractivity contribution >= 4 is 13.7 Å². The average Bonchev–Trinajstić information content (AvgIpc) is 2.51. The van der Waals surface area contributed by atoms with Crippen LogP contribution < -0.4 is 5.32 Å². The van der Waals surface area contributed by atoms with Gasteiger partial charge in [-0.3, -0.25) is 13.8 Å². The third kappa shape index (κ3) is 16.2. The second-order valence-electron chi connectivity index (χ2n) is 4.79. The third-order valence-electron chi connectivity index (χ3n) is 2.47. The molecule has 23 heavy (non-hydrogen) atoms. The first-order chi connectivity index (χ1) is 10.9. The topological polar surface area (TPSA) is 83.1 Å². The Bertz CT molecular complexity index is 325. The predicted octanol–water partition coefficient (Wildman–Crippen LogP) is 4.23. The van der Waals surface area contributed by atoms with Crippen LogP contribution in [0.4, 0.5) is 0 Å². The van der Waals surface area contributed by atoms with E-state index in [1.807, 2.05) is 20.8 Å². The highest BCUT2D eigenvalue weighted by atomic mass is 31.2. The van der Waals surface area contributed by atoms with Crippen molar-refractivity contribution in [1.82, 2.24) is 5.32 Å². The van der Waals surface area contributed by atoms with E-state index in [0.29, 0.717) is 13.0 Å². The van der Waals surface area contributed by atoms with Crippen molar-refractivity contribution in [3.63, 3.8) is 0 Å². The Morgan fingerprint density at radius 2 is 1.74 bits per heavy atom. The largest absolute Gasteiger partial charge is 0.502 e. The predicted molar refractivity (Wildman–Crippen MR) is 91.0 cm³/mol. The SMILES string of the molecule is CC.CCC(=O)NCCCCCCOP(=O)(OOC)OC(C)C. The fourth-order valence-electron chi connectivity index (χ4n) is 1.53. The summed E-state index contributed by atoms with van der Waals surface area (Å²) < 4.78 is 26.9. The van der Waals surface area contributed by atoms with E-state index in [4.69, 9.17) is 9.05 Å². The second kappa shape index (κ2) is 16.4. The fraction of sp³-hybridized carbons (Fsp3) is 0.933. The summed E-state index contributed by atoms with van der Waals surface area (Å²) in [5, 5.41) is 2.81. The van der Waals surface area contributed by atoms with Gasteiger partial charge in [-0.25, -0.2) is 9.45 Å². The molecule has 0 saturated carbocycles. The molecule has 7 nitrogen and oxygen atoms in total. The molecule has 0 aliphatic rings. The van der Waals surface area contributed by atoms with E-state index in [2.05, 4.69) is 14.9 Å². The minimum Gasteiger partial charge on any atom is -0.356 e. The van der Waals surface area contributed by atoms with Crippen molar-refractivity contribution in [3.8, 4) is 0 Å². The molecule has 1 amide bonds. The lowest BCUT2D eigenvalue weighted by Gasteiger charge is -2.17. The normalized spacial score (nSPS) is 13.2. The van der Waals surface area contributed by atoms with Crippen LogP contribution in [0.5, 0.6) is 0 Å². The molecule has 0 aliphatic carbocycles. The van der Waals surface area contributed by atoms with E-state index in [1.54, 1.807) is 13.8 Å². The highest BCUT2D eigenvalue weighted by Crippen LogP contribution is 2.50. The van der Waals surface area contributed by atoms with E-state index in [0.717, 1.165) is 25.7 Å². The summed E-state index contributed by atoms with van der Waals surface area (Å²) >= 11 is 0. The highest BCUT2D eigenvalue weighted by Gasteiger charge is 2.29. The van der Waals surface area contributed by atoms with Gasteiger partial charge in [0.2, 0.25) is 5.91 Å². The summed E-state index contributed by atoms with van der Waals surface area (Å²) in [5.41, 5.74) is 0. The third-order valence-corrected chi connectivity index (χ3v) is 3.98. The molecule has 0 rings (SSSR count). The van der Waals surface area contributed by atoms with Gasteiger partial charge in [0.05, 0.1) is 19.8 Å². The summed E-state index contributed by atoms with van der Waals surface area (Å²) in [6, 6.07) is 0. The molecule has 0 aliphatic heterocycles. The highest BCUT2D eigenvalue weighted by molar-refractivity contribution is 7.48. The van der Waals surface area contributed by atoms with Gasteiger partial charge in [-0.2, -0.15) is 0 Å². The average molecular weight is 355 g/mol. The number of hydrogen-bond donors (Lipinski definition) is 1. The lowest BCUT2D eigenvalue weighted by molar-refractivity contribution is -0.203. The van der Waals surface area contributed by atoms with Crippen LogP contribution in [0, 0.1) is 0 Å². The van der Waals surface area contributed by atoms with Crippen molar-refractivity contribution in [3.05, 3.63) is 0 Å². The zero-order valence-corrected chi connectivity index (χ0v) is 16.3. The van der Waals surface area contributed by atoms with Gasteiger partial charge in [-0.1, -0.05) is 33.6 Å². The molecule has 0 radical (unpaired) electrons. The number of carbonyl (C=O) groups excluding carboxylic acids is 1. The molecular weight excluding hydrogens is 321 g/mol. The minimum absolute atomic E-state index is 0.0711. The number of amides is 1. The zero-order valence-electron chi connectivity index (χ0n) is 15.4. The Hall–Kier alpha value is -0.460. The van der Waals surface area contributed by atoms with Crippen LogP contribution in [0.2, 0.25) is 0 Å². The zero-order chi connectivity index (χ0) is 18.1. The van der Waals surface area contributed by atoms with Gasteiger partial charge >= 0.3 is 7.82 Å². The summed E-state index contributed by atoms with van der Waals surface area (Å²) in [4.78, 5) is 15.4. The Labute approximate surface area is 140 Å². The van der Waals surface area contributed by atoms with E-state index in [1.165, 1.54) is 7.11 Å². The lowest BCUT2D eigenvalue weighted by atomic mass is 10.2. The number of nitrogens with one attached hydrogen (secondary N) is 1. The van der Waals surface area contributed by atoms with E-state index >= 15 is 0 Å². The van der Waals surface area contributed by atoms with E-state index in [-0.39, 0.29) is 18.6 Å². The molecule has 0 spiro atoms. The van der Waals surface area contributed by atoms with Crippen LogP contribution in [-0.2, 0) is 28.0 Å². The Kier molecular flexibility index (Phi) is 17.7. The summed E-state index contributed by atoms with van der Waals surface area (Å²) in [7, 11) is -2.38. The monoisotopic (exact) mass is 355 g/mol. The second-order valence-corrected chi connectivity index (χ2v) is 6.31. The maximum Gasteiger partial charge on any atom is 0.502 e. The Morgan fingerprint density at radius 3 is 2.26 bits per heavy atom. The Balaban J connectivity index is 0. The first-order valence-electron chi connectivity index (χ1n) is 8.35. The number of hydrogen-bond acceptors (Lipinski definition) is 6. The van der Waals surface area contributed by atoms with Crippen LogP contribution >= 0.6 is 7.82 Å². The van der Waals surface area contributed by atoms with Gasteiger partial charge in [-0.05, 0) is 26.7 Å². The number of unbranched alkanes of at least 4 members (excludes halogenated alkanes) is 3. The van der Waals surface area contributed by atoms with Gasteiger partial charge in [0.25, 0.3) is 0 Å². The minimum atomic E-state index is -3.63. The van der Waals surface area contributed by atoms with Crippen LogP contribution in [-0.4, -0.2) is 32.3 Å². The van der Waals surface area contributed by atoms with Gasteiger partial charge in [0.15, 0.2) is 0 Å². The number of phosphoric ester groups is 1. The first-order valence-corrected chi connectivity index (χ1v) is 9.81.